The number of ether oxygens (including phenoxy) is 1. The highest BCUT2D eigenvalue weighted by Crippen LogP contribution is 2.43. The van der Waals surface area contributed by atoms with Gasteiger partial charge in [-0.2, -0.15) is 0 Å². The highest BCUT2D eigenvalue weighted by molar-refractivity contribution is 9.11. The minimum absolute atomic E-state index is 0.134. The number of hydrogen-bond donors (Lipinski definition) is 4. The number of halogens is 2. The first-order valence-corrected chi connectivity index (χ1v) is 10.1. The molecule has 130 valence electrons. The Labute approximate surface area is 156 Å². The second kappa shape index (κ2) is 7.45. The molecule has 2 aromatic rings. The Morgan fingerprint density at radius 2 is 1.71 bits per heavy atom. The zero-order chi connectivity index (χ0) is 18.1. The largest absolute Gasteiger partial charge is 0.508 e. The van der Waals surface area contributed by atoms with E-state index >= 15 is 0 Å². The Morgan fingerprint density at radius 1 is 1.12 bits per heavy atom. The van der Waals surface area contributed by atoms with Crippen molar-refractivity contribution in [2.75, 3.05) is 5.09 Å². The fourth-order valence-electron chi connectivity index (χ4n) is 2.07. The van der Waals surface area contributed by atoms with Gasteiger partial charge in [-0.05, 0) is 68.1 Å². The number of benzene rings is 2. The number of hydrogen-bond acceptors (Lipinski definition) is 3. The predicted molar refractivity (Wildman–Crippen MR) is 99.8 cm³/mol. The maximum Gasteiger partial charge on any atom is 0.427 e. The van der Waals surface area contributed by atoms with Gasteiger partial charge in [0.15, 0.2) is 5.75 Å². The maximum absolute atomic E-state index is 11.0. The summed E-state index contributed by atoms with van der Waals surface area (Å²) in [4.78, 5) is 18.0. The van der Waals surface area contributed by atoms with E-state index in [2.05, 4.69) is 36.9 Å². The van der Waals surface area contributed by atoms with Crippen molar-refractivity contribution in [2.45, 2.75) is 19.8 Å². The molecule has 2 rings (SSSR count). The molecular formula is C15H16Br2NO5P. The molecule has 0 saturated carbocycles. The van der Waals surface area contributed by atoms with Gasteiger partial charge < -0.3 is 19.6 Å². The lowest BCUT2D eigenvalue weighted by atomic mass is 10.0. The van der Waals surface area contributed by atoms with E-state index < -0.39 is 7.75 Å². The number of rotatable bonds is 5. The summed E-state index contributed by atoms with van der Waals surface area (Å²) in [6.45, 7) is 3.93. The van der Waals surface area contributed by atoms with Gasteiger partial charge in [-0.25, -0.2) is 4.57 Å². The molecule has 9 heteroatoms. The van der Waals surface area contributed by atoms with Gasteiger partial charge in [0, 0.05) is 11.3 Å². The first-order chi connectivity index (χ1) is 11.1. The molecular weight excluding hydrogens is 465 g/mol. The van der Waals surface area contributed by atoms with Crippen LogP contribution in [0.5, 0.6) is 17.2 Å². The Bertz CT molecular complexity index is 783. The van der Waals surface area contributed by atoms with Gasteiger partial charge in [-0.15, -0.1) is 0 Å². The number of phenols is 1. The third kappa shape index (κ3) is 4.97. The van der Waals surface area contributed by atoms with Crippen LogP contribution >= 0.6 is 39.6 Å². The van der Waals surface area contributed by atoms with Crippen LogP contribution in [0.25, 0.3) is 0 Å². The summed E-state index contributed by atoms with van der Waals surface area (Å²) in [6.07, 6.45) is 0. The van der Waals surface area contributed by atoms with Crippen LogP contribution in [-0.2, 0) is 4.57 Å². The van der Waals surface area contributed by atoms with E-state index in [0.717, 1.165) is 5.56 Å². The van der Waals surface area contributed by atoms with E-state index in [1.54, 1.807) is 18.2 Å². The summed E-state index contributed by atoms with van der Waals surface area (Å²) < 4.78 is 17.9. The predicted octanol–water partition coefficient (Wildman–Crippen LogP) is 5.34. The second-order valence-electron chi connectivity index (χ2n) is 5.40. The van der Waals surface area contributed by atoms with E-state index in [1.165, 1.54) is 12.1 Å². The van der Waals surface area contributed by atoms with Crippen LogP contribution in [0.2, 0.25) is 0 Å². The third-order valence-electron chi connectivity index (χ3n) is 3.11. The molecule has 2 aromatic carbocycles. The first kappa shape index (κ1) is 19.3. The number of aromatic hydroxyl groups is 1. The smallest absolute Gasteiger partial charge is 0.427 e. The highest BCUT2D eigenvalue weighted by atomic mass is 79.9. The Kier molecular flexibility index (Phi) is 5.99. The zero-order valence-corrected chi connectivity index (χ0v) is 16.9. The summed E-state index contributed by atoms with van der Waals surface area (Å²) in [5.74, 6) is 1.33. The van der Waals surface area contributed by atoms with E-state index in [9.17, 15) is 9.67 Å². The van der Waals surface area contributed by atoms with Gasteiger partial charge in [-0.3, -0.25) is 5.09 Å². The van der Waals surface area contributed by atoms with E-state index in [4.69, 9.17) is 14.5 Å². The summed E-state index contributed by atoms with van der Waals surface area (Å²) in [5, 5.41) is 12.0. The molecule has 0 aromatic heterocycles. The van der Waals surface area contributed by atoms with Crippen LogP contribution < -0.4 is 9.82 Å². The van der Waals surface area contributed by atoms with Crippen molar-refractivity contribution < 1.29 is 24.2 Å². The van der Waals surface area contributed by atoms with E-state index in [0.29, 0.717) is 20.4 Å². The van der Waals surface area contributed by atoms with Crippen LogP contribution in [0.1, 0.15) is 25.3 Å². The van der Waals surface area contributed by atoms with Gasteiger partial charge in [0.2, 0.25) is 0 Å². The van der Waals surface area contributed by atoms with Gasteiger partial charge in [0.05, 0.1) is 8.95 Å². The van der Waals surface area contributed by atoms with Crippen LogP contribution in [0.4, 0.5) is 5.69 Å². The standard InChI is InChI=1S/C15H16Br2NO5P/c1-8(2)11-7-10(3-4-14(11)19)23-15-12(16)5-9(6-13(15)17)18-24(20,21)22/h3-8,19H,1-2H3,(H3,18,20,21,22). The average molecular weight is 481 g/mol. The summed E-state index contributed by atoms with van der Waals surface area (Å²) >= 11 is 6.66. The van der Waals surface area contributed by atoms with Crippen molar-refractivity contribution in [3.8, 4) is 17.2 Å². The van der Waals surface area contributed by atoms with Crippen LogP contribution in [0.15, 0.2) is 39.3 Å². The molecule has 24 heavy (non-hydrogen) atoms. The molecule has 4 N–H and O–H groups in total. The molecule has 6 nitrogen and oxygen atoms in total. The summed E-state index contributed by atoms with van der Waals surface area (Å²) in [5.41, 5.74) is 1.00. The summed E-state index contributed by atoms with van der Waals surface area (Å²) in [6, 6.07) is 7.96. The topological polar surface area (TPSA) is 99.0 Å². The highest BCUT2D eigenvalue weighted by Gasteiger charge is 2.17. The average Bonchev–Trinajstić information content (AvgIpc) is 2.42. The number of nitrogens with one attached hydrogen (secondary N) is 1. The molecule has 0 aliphatic rings. The minimum Gasteiger partial charge on any atom is -0.508 e. The number of phenolic OH excluding ortho intramolecular Hbond substituents is 1. The molecule has 0 aliphatic carbocycles. The molecule has 0 atom stereocenters. The second-order valence-corrected chi connectivity index (χ2v) is 8.42. The van der Waals surface area contributed by atoms with Crippen LogP contribution in [0.3, 0.4) is 0 Å². The van der Waals surface area contributed by atoms with Gasteiger partial charge in [-0.1, -0.05) is 13.8 Å². The minimum atomic E-state index is -4.39. The molecule has 0 radical (unpaired) electrons. The Hall–Kier alpha value is -1.05. The summed E-state index contributed by atoms with van der Waals surface area (Å²) in [7, 11) is -4.39. The van der Waals surface area contributed by atoms with Crippen molar-refractivity contribution in [2.24, 2.45) is 0 Å². The molecule has 0 heterocycles. The van der Waals surface area contributed by atoms with Crippen molar-refractivity contribution in [1.82, 2.24) is 0 Å². The lowest BCUT2D eigenvalue weighted by molar-refractivity contribution is 0.380. The monoisotopic (exact) mass is 479 g/mol. The fourth-order valence-corrected chi connectivity index (χ4v) is 3.88. The molecule has 0 spiro atoms. The normalized spacial score (nSPS) is 11.6. The molecule has 0 fully saturated rings. The molecule has 0 amide bonds. The van der Waals surface area contributed by atoms with Gasteiger partial charge in [0.1, 0.15) is 11.5 Å². The van der Waals surface area contributed by atoms with Crippen LogP contribution in [0, 0.1) is 0 Å². The Balaban J connectivity index is 2.34. The van der Waals surface area contributed by atoms with Gasteiger partial charge >= 0.3 is 7.75 Å². The van der Waals surface area contributed by atoms with Crippen molar-refractivity contribution in [1.29, 1.82) is 0 Å². The zero-order valence-electron chi connectivity index (χ0n) is 12.8. The molecule has 0 bridgehead atoms. The van der Waals surface area contributed by atoms with Gasteiger partial charge in [0.25, 0.3) is 0 Å². The lowest BCUT2D eigenvalue weighted by Gasteiger charge is -2.15. The van der Waals surface area contributed by atoms with Crippen molar-refractivity contribution in [3.63, 3.8) is 0 Å². The van der Waals surface area contributed by atoms with E-state index in [-0.39, 0.29) is 17.4 Å². The van der Waals surface area contributed by atoms with E-state index in [1.807, 2.05) is 13.8 Å². The third-order valence-corrected chi connectivity index (χ3v) is 4.84. The molecule has 0 saturated heterocycles. The first-order valence-electron chi connectivity index (χ1n) is 6.90. The van der Waals surface area contributed by atoms with Crippen LogP contribution in [-0.4, -0.2) is 14.9 Å². The quantitative estimate of drug-likeness (QED) is 0.431. The fraction of sp³-hybridized carbons (Fsp3) is 0.200. The molecule has 0 aliphatic heterocycles. The number of anilines is 1. The maximum atomic E-state index is 11.0. The lowest BCUT2D eigenvalue weighted by Crippen LogP contribution is -1.96. The Morgan fingerprint density at radius 3 is 2.21 bits per heavy atom. The van der Waals surface area contributed by atoms with Crippen molar-refractivity contribution in [3.05, 3.63) is 44.8 Å². The SMILES string of the molecule is CC(C)c1cc(Oc2c(Br)cc(NP(=O)(O)O)cc2Br)ccc1O. The van der Waals surface area contributed by atoms with Crippen molar-refractivity contribution >= 4 is 45.3 Å². The molecule has 0 unspecified atom stereocenters.